The van der Waals surface area contributed by atoms with Crippen LogP contribution in [0.1, 0.15) is 52.9 Å². The predicted molar refractivity (Wildman–Crippen MR) is 83.8 cm³/mol. The number of unbranched alkanes of at least 4 members (excludes halogenated alkanes) is 1. The molecule has 0 aliphatic rings. The van der Waals surface area contributed by atoms with E-state index < -0.39 is 12.1 Å². The lowest BCUT2D eigenvalue weighted by Crippen LogP contribution is -2.15. The Morgan fingerprint density at radius 1 is 1.33 bits per heavy atom. The minimum Gasteiger partial charge on any atom is -0.469 e. The van der Waals surface area contributed by atoms with Crippen molar-refractivity contribution in [3.05, 3.63) is 23.8 Å². The first-order chi connectivity index (χ1) is 9.90. The highest BCUT2D eigenvalue weighted by molar-refractivity contribution is 5.95. The van der Waals surface area contributed by atoms with Crippen molar-refractivity contribution >= 4 is 11.8 Å². The molecule has 2 unspecified atom stereocenters. The van der Waals surface area contributed by atoms with E-state index in [-0.39, 0.29) is 18.6 Å². The number of carbonyl (C=O) groups excluding carboxylic acids is 2. The summed E-state index contributed by atoms with van der Waals surface area (Å²) in [5.41, 5.74) is 1.26. The molecule has 0 saturated carbocycles. The Kier molecular flexibility index (Phi) is 10.5. The van der Waals surface area contributed by atoms with Crippen molar-refractivity contribution in [1.82, 2.24) is 0 Å². The number of Topliss-reactive ketones (excluding diaryl/α,β-unsaturated/α-hetero) is 1. The maximum atomic E-state index is 11.4. The summed E-state index contributed by atoms with van der Waals surface area (Å²) >= 11 is 0. The summed E-state index contributed by atoms with van der Waals surface area (Å²) < 4.78 is 4.40. The highest BCUT2D eigenvalue weighted by Crippen LogP contribution is 2.17. The van der Waals surface area contributed by atoms with Crippen LogP contribution in [-0.4, -0.2) is 30.1 Å². The van der Waals surface area contributed by atoms with E-state index in [1.165, 1.54) is 25.5 Å². The Morgan fingerprint density at radius 3 is 2.57 bits per heavy atom. The van der Waals surface area contributed by atoms with E-state index in [0.717, 1.165) is 6.42 Å². The molecule has 0 amide bonds. The fourth-order valence-electron chi connectivity index (χ4n) is 1.84. The number of aliphatic hydroxyl groups is 1. The van der Waals surface area contributed by atoms with E-state index in [0.29, 0.717) is 5.92 Å². The van der Waals surface area contributed by atoms with Crippen LogP contribution in [0.4, 0.5) is 0 Å². The molecule has 120 valence electrons. The van der Waals surface area contributed by atoms with E-state index in [1.807, 2.05) is 6.08 Å². The van der Waals surface area contributed by atoms with Crippen molar-refractivity contribution in [2.75, 3.05) is 7.11 Å². The molecule has 0 aliphatic heterocycles. The minimum absolute atomic E-state index is 0.0656. The SMILES string of the molecule is CCCCC(C)C(C)=CC=CC(O)CC(=O)CC(=O)OC. The first-order valence-electron chi connectivity index (χ1n) is 7.52. The van der Waals surface area contributed by atoms with Crippen LogP contribution in [0.5, 0.6) is 0 Å². The van der Waals surface area contributed by atoms with Crippen LogP contribution in [0, 0.1) is 5.92 Å². The van der Waals surface area contributed by atoms with Crippen molar-refractivity contribution in [1.29, 1.82) is 0 Å². The van der Waals surface area contributed by atoms with Crippen LogP contribution in [-0.2, 0) is 14.3 Å². The third kappa shape index (κ3) is 10.0. The molecule has 0 saturated heterocycles. The zero-order chi connectivity index (χ0) is 16.3. The summed E-state index contributed by atoms with van der Waals surface area (Å²) in [4.78, 5) is 22.4. The molecule has 0 spiro atoms. The summed E-state index contributed by atoms with van der Waals surface area (Å²) in [6.45, 7) is 6.43. The quantitative estimate of drug-likeness (QED) is 0.382. The standard InChI is InChI=1S/C17H28O4/c1-5-6-8-13(2)14(3)9-7-10-15(18)11-16(19)12-17(20)21-4/h7,9-10,13,15,18H,5-6,8,11-12H2,1-4H3. The average molecular weight is 296 g/mol. The summed E-state index contributed by atoms with van der Waals surface area (Å²) in [5.74, 6) is -0.375. The molecule has 0 aliphatic carbocycles. The molecule has 0 aromatic heterocycles. The molecular weight excluding hydrogens is 268 g/mol. The molecule has 1 N–H and O–H groups in total. The summed E-state index contributed by atoms with van der Waals surface area (Å²) in [5, 5.41) is 9.71. The monoisotopic (exact) mass is 296 g/mol. The Labute approximate surface area is 127 Å². The van der Waals surface area contributed by atoms with Gasteiger partial charge in [0.2, 0.25) is 0 Å². The van der Waals surface area contributed by atoms with E-state index in [9.17, 15) is 14.7 Å². The van der Waals surface area contributed by atoms with E-state index in [1.54, 1.807) is 12.2 Å². The highest BCUT2D eigenvalue weighted by atomic mass is 16.5. The Bertz CT molecular complexity index is 382. The maximum Gasteiger partial charge on any atom is 0.313 e. The summed E-state index contributed by atoms with van der Waals surface area (Å²) in [6.07, 6.45) is 7.65. The lowest BCUT2D eigenvalue weighted by atomic mass is 9.96. The van der Waals surface area contributed by atoms with Gasteiger partial charge in [-0.2, -0.15) is 0 Å². The van der Waals surface area contributed by atoms with Crippen LogP contribution in [0.3, 0.4) is 0 Å². The highest BCUT2D eigenvalue weighted by Gasteiger charge is 2.12. The molecule has 0 rings (SSSR count). The average Bonchev–Trinajstić information content (AvgIpc) is 2.43. The zero-order valence-electron chi connectivity index (χ0n) is 13.6. The van der Waals surface area contributed by atoms with Gasteiger partial charge in [0.05, 0.1) is 13.2 Å². The molecule has 0 bridgehead atoms. The molecule has 2 atom stereocenters. The Balaban J connectivity index is 4.22. The van der Waals surface area contributed by atoms with Gasteiger partial charge in [0.25, 0.3) is 0 Å². The zero-order valence-corrected chi connectivity index (χ0v) is 13.6. The minimum atomic E-state index is -0.864. The van der Waals surface area contributed by atoms with Crippen molar-refractivity contribution in [2.45, 2.75) is 59.0 Å². The van der Waals surface area contributed by atoms with Gasteiger partial charge in [0.1, 0.15) is 12.2 Å². The molecule has 0 aromatic rings. The van der Waals surface area contributed by atoms with Gasteiger partial charge in [0, 0.05) is 6.42 Å². The summed E-state index contributed by atoms with van der Waals surface area (Å²) in [7, 11) is 1.24. The smallest absolute Gasteiger partial charge is 0.313 e. The number of hydrogen-bond donors (Lipinski definition) is 1. The van der Waals surface area contributed by atoms with Gasteiger partial charge in [0.15, 0.2) is 0 Å². The predicted octanol–water partition coefficient (Wildman–Crippen LogP) is 3.20. The summed E-state index contributed by atoms with van der Waals surface area (Å²) in [6, 6.07) is 0. The number of ketones is 1. The third-order valence-electron chi connectivity index (χ3n) is 3.47. The first kappa shape index (κ1) is 19.6. The molecule has 0 radical (unpaired) electrons. The van der Waals surface area contributed by atoms with Crippen molar-refractivity contribution in [2.24, 2.45) is 5.92 Å². The van der Waals surface area contributed by atoms with E-state index in [4.69, 9.17) is 0 Å². The van der Waals surface area contributed by atoms with Gasteiger partial charge < -0.3 is 9.84 Å². The number of aliphatic hydroxyl groups excluding tert-OH is 1. The number of allylic oxidation sites excluding steroid dienone is 3. The van der Waals surface area contributed by atoms with Gasteiger partial charge >= 0.3 is 5.97 Å². The van der Waals surface area contributed by atoms with Gasteiger partial charge in [-0.1, -0.05) is 50.5 Å². The molecule has 4 nitrogen and oxygen atoms in total. The molecule has 21 heavy (non-hydrogen) atoms. The van der Waals surface area contributed by atoms with Crippen LogP contribution >= 0.6 is 0 Å². The molecule has 0 heterocycles. The normalized spacial score (nSPS) is 15.0. The molecule has 0 aromatic carbocycles. The van der Waals surface area contributed by atoms with Crippen molar-refractivity contribution in [3.63, 3.8) is 0 Å². The van der Waals surface area contributed by atoms with E-state index in [2.05, 4.69) is 25.5 Å². The van der Waals surface area contributed by atoms with Crippen LogP contribution in [0.25, 0.3) is 0 Å². The van der Waals surface area contributed by atoms with Crippen molar-refractivity contribution < 1.29 is 19.4 Å². The Hall–Kier alpha value is -1.42. The van der Waals surface area contributed by atoms with Gasteiger partial charge in [-0.3, -0.25) is 9.59 Å². The number of carbonyl (C=O) groups is 2. The number of hydrogen-bond acceptors (Lipinski definition) is 4. The topological polar surface area (TPSA) is 63.6 Å². The largest absolute Gasteiger partial charge is 0.469 e. The number of ether oxygens (including phenoxy) is 1. The lowest BCUT2D eigenvalue weighted by Gasteiger charge is -2.10. The third-order valence-corrected chi connectivity index (χ3v) is 3.47. The van der Waals surface area contributed by atoms with Crippen molar-refractivity contribution in [3.8, 4) is 0 Å². The number of esters is 1. The Morgan fingerprint density at radius 2 is 2.00 bits per heavy atom. The number of rotatable bonds is 10. The number of methoxy groups -OCH3 is 1. The molecule has 4 heteroatoms. The molecular formula is C17H28O4. The second-order valence-corrected chi connectivity index (χ2v) is 5.40. The van der Waals surface area contributed by atoms with E-state index >= 15 is 0 Å². The second kappa shape index (κ2) is 11.3. The second-order valence-electron chi connectivity index (χ2n) is 5.40. The lowest BCUT2D eigenvalue weighted by molar-refractivity contribution is -0.143. The first-order valence-corrected chi connectivity index (χ1v) is 7.52. The van der Waals surface area contributed by atoms with Crippen LogP contribution in [0.15, 0.2) is 23.8 Å². The fraction of sp³-hybridized carbons (Fsp3) is 0.647. The fourth-order valence-corrected chi connectivity index (χ4v) is 1.84. The van der Waals surface area contributed by atoms with Gasteiger partial charge in [-0.05, 0) is 19.3 Å². The van der Waals surface area contributed by atoms with Crippen LogP contribution in [0.2, 0.25) is 0 Å². The van der Waals surface area contributed by atoms with Gasteiger partial charge in [-0.25, -0.2) is 0 Å². The molecule has 0 fully saturated rings. The maximum absolute atomic E-state index is 11.4. The van der Waals surface area contributed by atoms with Crippen LogP contribution < -0.4 is 0 Å². The van der Waals surface area contributed by atoms with Gasteiger partial charge in [-0.15, -0.1) is 0 Å².